The summed E-state index contributed by atoms with van der Waals surface area (Å²) < 4.78 is 11.2. The number of benzene rings is 2. The van der Waals surface area contributed by atoms with E-state index in [0.717, 1.165) is 5.56 Å². The summed E-state index contributed by atoms with van der Waals surface area (Å²) in [5.74, 6) is -2.41. The van der Waals surface area contributed by atoms with Crippen LogP contribution in [-0.4, -0.2) is 69.1 Å². The van der Waals surface area contributed by atoms with Gasteiger partial charge in [0.05, 0.1) is 0 Å². The Morgan fingerprint density at radius 3 is 1.96 bits per heavy atom. The molecule has 12 nitrogen and oxygen atoms in total. The Hall–Kier alpha value is -4.61. The van der Waals surface area contributed by atoms with Crippen LogP contribution in [0, 0.1) is 12.8 Å². The highest BCUT2D eigenvalue weighted by Crippen LogP contribution is 2.31. The molecule has 4 unspecified atom stereocenters. The van der Waals surface area contributed by atoms with Gasteiger partial charge < -0.3 is 35.8 Å². The van der Waals surface area contributed by atoms with Crippen molar-refractivity contribution in [2.75, 3.05) is 0 Å². The molecule has 2 aromatic rings. The predicted molar refractivity (Wildman–Crippen MR) is 195 cm³/mol. The van der Waals surface area contributed by atoms with Gasteiger partial charge in [0.2, 0.25) is 17.7 Å². The number of phenolic OH excluding ortho intramolecular Hbond substituents is 1. The second-order valence-electron chi connectivity index (χ2n) is 15.5. The van der Waals surface area contributed by atoms with Crippen molar-refractivity contribution in [1.82, 2.24) is 15.5 Å². The number of alkyl carbamates (subject to hydrolysis) is 1. The van der Waals surface area contributed by atoms with E-state index in [0.29, 0.717) is 24.0 Å². The molecular formula is C39H58N4O8. The number of phenols is 1. The number of amides is 4. The van der Waals surface area contributed by atoms with E-state index in [1.807, 2.05) is 51.1 Å². The summed E-state index contributed by atoms with van der Waals surface area (Å²) in [6, 6.07) is 9.40. The van der Waals surface area contributed by atoms with Crippen LogP contribution in [0.2, 0.25) is 0 Å². The molecule has 0 radical (unpaired) electrons. The Kier molecular flexibility index (Phi) is 15.5. The SMILES string of the molecule is Cc1cc(C(C(=O)NC(Cc2ccccc2)C(=O)OC(C)(C)C)N(C(=O)C(CCC(N)=O)NC(=O)OC(C)(C)C)C(C)CCC(C)C)ccc1O. The maximum absolute atomic E-state index is 14.8. The number of carbonyl (C=O) groups excluding carboxylic acids is 5. The highest BCUT2D eigenvalue weighted by Gasteiger charge is 2.40. The molecule has 0 saturated carbocycles. The maximum atomic E-state index is 14.8. The molecule has 4 atom stereocenters. The third kappa shape index (κ3) is 14.6. The predicted octanol–water partition coefficient (Wildman–Crippen LogP) is 5.62. The van der Waals surface area contributed by atoms with Crippen LogP contribution in [-0.2, 0) is 35.1 Å². The summed E-state index contributed by atoms with van der Waals surface area (Å²) >= 11 is 0. The van der Waals surface area contributed by atoms with E-state index in [1.165, 1.54) is 11.0 Å². The van der Waals surface area contributed by atoms with Gasteiger partial charge in [-0.1, -0.05) is 50.2 Å². The summed E-state index contributed by atoms with van der Waals surface area (Å²) in [7, 11) is 0. The van der Waals surface area contributed by atoms with Gasteiger partial charge >= 0.3 is 12.1 Å². The quantitative estimate of drug-likeness (QED) is 0.162. The molecule has 0 heterocycles. The first-order valence-corrected chi connectivity index (χ1v) is 17.5. The van der Waals surface area contributed by atoms with Gasteiger partial charge in [-0.15, -0.1) is 0 Å². The van der Waals surface area contributed by atoms with Gasteiger partial charge in [-0.3, -0.25) is 14.4 Å². The van der Waals surface area contributed by atoms with Gasteiger partial charge in [-0.05, 0) is 109 Å². The van der Waals surface area contributed by atoms with Crippen LogP contribution in [0.1, 0.15) is 111 Å². The van der Waals surface area contributed by atoms with Crippen molar-refractivity contribution in [2.45, 2.75) is 137 Å². The van der Waals surface area contributed by atoms with Crippen LogP contribution >= 0.6 is 0 Å². The number of primary amides is 1. The van der Waals surface area contributed by atoms with Gasteiger partial charge in [0, 0.05) is 18.9 Å². The molecule has 0 saturated heterocycles. The molecule has 0 aromatic heterocycles. The largest absolute Gasteiger partial charge is 0.508 e. The van der Waals surface area contributed by atoms with Crippen molar-refractivity contribution >= 4 is 29.8 Å². The number of esters is 1. The minimum absolute atomic E-state index is 0.00900. The first kappa shape index (κ1) is 42.6. The molecule has 0 aliphatic rings. The molecule has 4 amide bonds. The Bertz CT molecular complexity index is 1500. The molecule has 2 aromatic carbocycles. The number of aromatic hydroxyl groups is 1. The standard InChI is InChI=1S/C39H58N4O8/c1-24(2)16-17-26(4)43(35(47)29(19-21-32(40)45)42-37(49)51-39(8,9)10)33(28-18-20-31(44)25(3)22-28)34(46)41-30(36(48)50-38(5,6)7)23-27-14-12-11-13-15-27/h11-15,18,20,22,24,26,29-30,33,44H,16-17,19,21,23H2,1-10H3,(H2,40,45)(H,41,46)(H,42,49). The van der Waals surface area contributed by atoms with Crippen molar-refractivity contribution < 1.29 is 38.6 Å². The maximum Gasteiger partial charge on any atom is 0.408 e. The van der Waals surface area contributed by atoms with Crippen molar-refractivity contribution in [3.63, 3.8) is 0 Å². The van der Waals surface area contributed by atoms with Gasteiger partial charge in [0.15, 0.2) is 0 Å². The molecule has 0 fully saturated rings. The first-order valence-electron chi connectivity index (χ1n) is 17.5. The number of rotatable bonds is 16. The summed E-state index contributed by atoms with van der Waals surface area (Å²) in [6.07, 6.45) is 0.0359. The van der Waals surface area contributed by atoms with E-state index in [4.69, 9.17) is 15.2 Å². The lowest BCUT2D eigenvalue weighted by Gasteiger charge is -2.39. The summed E-state index contributed by atoms with van der Waals surface area (Å²) in [5.41, 5.74) is 5.33. The fourth-order valence-corrected chi connectivity index (χ4v) is 5.44. The topological polar surface area (TPSA) is 177 Å². The van der Waals surface area contributed by atoms with Gasteiger partial charge in [0.1, 0.15) is 35.1 Å². The second kappa shape index (κ2) is 18.6. The molecule has 5 N–H and O–H groups in total. The van der Waals surface area contributed by atoms with Gasteiger partial charge in [-0.25, -0.2) is 9.59 Å². The summed E-state index contributed by atoms with van der Waals surface area (Å²) in [5, 5.41) is 15.9. The lowest BCUT2D eigenvalue weighted by atomic mass is 9.95. The molecule has 0 spiro atoms. The number of nitrogens with two attached hydrogens (primary N) is 1. The van der Waals surface area contributed by atoms with Gasteiger partial charge in [0.25, 0.3) is 0 Å². The van der Waals surface area contributed by atoms with Crippen molar-refractivity contribution in [3.05, 3.63) is 65.2 Å². The Morgan fingerprint density at radius 1 is 0.824 bits per heavy atom. The van der Waals surface area contributed by atoms with E-state index < -0.39 is 65.2 Å². The van der Waals surface area contributed by atoms with E-state index in [-0.39, 0.29) is 30.9 Å². The fraction of sp³-hybridized carbons (Fsp3) is 0.564. The molecule has 282 valence electrons. The van der Waals surface area contributed by atoms with Crippen LogP contribution in [0.15, 0.2) is 48.5 Å². The van der Waals surface area contributed by atoms with Crippen LogP contribution in [0.5, 0.6) is 5.75 Å². The molecular weight excluding hydrogens is 652 g/mol. The number of carbonyl (C=O) groups is 5. The number of hydrogen-bond donors (Lipinski definition) is 4. The van der Waals surface area contributed by atoms with Gasteiger partial charge in [-0.2, -0.15) is 0 Å². The van der Waals surface area contributed by atoms with Crippen LogP contribution in [0.25, 0.3) is 0 Å². The molecule has 2 rings (SSSR count). The van der Waals surface area contributed by atoms with Crippen LogP contribution < -0.4 is 16.4 Å². The first-order chi connectivity index (χ1) is 23.6. The highest BCUT2D eigenvalue weighted by molar-refractivity contribution is 5.94. The zero-order chi connectivity index (χ0) is 38.7. The smallest absolute Gasteiger partial charge is 0.408 e. The Morgan fingerprint density at radius 2 is 1.43 bits per heavy atom. The fourth-order valence-electron chi connectivity index (χ4n) is 5.44. The minimum Gasteiger partial charge on any atom is -0.508 e. The van der Waals surface area contributed by atoms with E-state index >= 15 is 0 Å². The lowest BCUT2D eigenvalue weighted by Crippen LogP contribution is -2.57. The number of aryl methyl sites for hydroxylation is 1. The minimum atomic E-state index is -1.34. The Balaban J connectivity index is 2.77. The number of nitrogens with one attached hydrogen (secondary N) is 2. The van der Waals surface area contributed by atoms with E-state index in [1.54, 1.807) is 60.6 Å². The average Bonchev–Trinajstić information content (AvgIpc) is 3.00. The van der Waals surface area contributed by atoms with Crippen molar-refractivity contribution in [1.29, 1.82) is 0 Å². The van der Waals surface area contributed by atoms with E-state index in [2.05, 4.69) is 10.6 Å². The zero-order valence-electron chi connectivity index (χ0n) is 31.9. The number of ether oxygens (including phenoxy) is 2. The number of hydrogen-bond acceptors (Lipinski definition) is 8. The van der Waals surface area contributed by atoms with Crippen LogP contribution in [0.4, 0.5) is 4.79 Å². The number of nitrogens with zero attached hydrogens (tertiary/aromatic N) is 1. The van der Waals surface area contributed by atoms with E-state index in [9.17, 15) is 29.1 Å². The van der Waals surface area contributed by atoms with Crippen LogP contribution in [0.3, 0.4) is 0 Å². The lowest BCUT2D eigenvalue weighted by molar-refractivity contribution is -0.159. The normalized spacial score (nSPS) is 14.1. The molecule has 51 heavy (non-hydrogen) atoms. The monoisotopic (exact) mass is 710 g/mol. The highest BCUT2D eigenvalue weighted by atomic mass is 16.6. The molecule has 0 aliphatic carbocycles. The molecule has 0 aliphatic heterocycles. The second-order valence-corrected chi connectivity index (χ2v) is 15.5. The van der Waals surface area contributed by atoms with Crippen molar-refractivity contribution in [2.24, 2.45) is 11.7 Å². The van der Waals surface area contributed by atoms with Crippen molar-refractivity contribution in [3.8, 4) is 5.75 Å². The molecule has 12 heteroatoms. The Labute approximate surface area is 302 Å². The average molecular weight is 711 g/mol. The third-order valence-electron chi connectivity index (χ3n) is 7.91. The zero-order valence-corrected chi connectivity index (χ0v) is 31.9. The summed E-state index contributed by atoms with van der Waals surface area (Å²) in [4.78, 5) is 69.5. The summed E-state index contributed by atoms with van der Waals surface area (Å²) in [6.45, 7) is 17.8. The third-order valence-corrected chi connectivity index (χ3v) is 7.91. The molecule has 0 bridgehead atoms.